The molecule has 0 spiro atoms. The number of hydrogen-bond donors (Lipinski definition) is 1. The molecule has 98 valence electrons. The van der Waals surface area contributed by atoms with E-state index in [1.165, 1.54) is 5.56 Å². The van der Waals surface area contributed by atoms with Crippen molar-refractivity contribution in [1.82, 2.24) is 4.67 Å². The summed E-state index contributed by atoms with van der Waals surface area (Å²) in [6.45, 7) is 7.93. The molecule has 5 heteroatoms. The summed E-state index contributed by atoms with van der Waals surface area (Å²) in [7, 11) is -2.61. The molecule has 0 radical (unpaired) electrons. The first-order chi connectivity index (χ1) is 8.37. The van der Waals surface area contributed by atoms with Crippen LogP contribution in [0.5, 0.6) is 0 Å². The highest BCUT2D eigenvalue weighted by atomic mass is 32.1. The molecule has 1 atom stereocenters. The van der Waals surface area contributed by atoms with Gasteiger partial charge in [0.1, 0.15) is 0 Å². The quantitative estimate of drug-likeness (QED) is 0.667. The molecule has 0 amide bonds. The Balaban J connectivity index is 2.60. The van der Waals surface area contributed by atoms with Crippen LogP contribution in [-0.2, 0) is 11.0 Å². The summed E-state index contributed by atoms with van der Waals surface area (Å²) in [6.07, 6.45) is 0.944. The van der Waals surface area contributed by atoms with E-state index >= 15 is 0 Å². The monoisotopic (exact) mass is 282 g/mol. The first-order valence-corrected chi connectivity index (χ1v) is 8.71. The van der Waals surface area contributed by atoms with Gasteiger partial charge in [-0.1, -0.05) is 13.0 Å². The van der Waals surface area contributed by atoms with Gasteiger partial charge in [0.25, 0.3) is 0 Å². The van der Waals surface area contributed by atoms with Crippen molar-refractivity contribution in [3.63, 3.8) is 0 Å². The van der Waals surface area contributed by atoms with Gasteiger partial charge in [-0.3, -0.25) is 9.24 Å². The van der Waals surface area contributed by atoms with Gasteiger partial charge in [-0.05, 0) is 50.2 Å². The standard InChI is InChI=1S/C13H19N2OPS/c1-5-10-6-7-11-12(8-10)17(4,16)15(9(2)3)13(18)14-11/h6-9H,5H2,1-4H3,(H,14,18). The van der Waals surface area contributed by atoms with Crippen LogP contribution in [-0.4, -0.2) is 22.5 Å². The number of benzene rings is 1. The van der Waals surface area contributed by atoms with E-state index in [0.717, 1.165) is 17.4 Å². The SMILES string of the molecule is CCc1ccc2c(c1)P(C)(=O)N(C(C)C)C(=S)N2. The average Bonchev–Trinajstić information content (AvgIpc) is 2.27. The second-order valence-electron chi connectivity index (χ2n) is 4.95. The first kappa shape index (κ1) is 13.6. The van der Waals surface area contributed by atoms with Crippen LogP contribution in [0, 0.1) is 0 Å². The first-order valence-electron chi connectivity index (χ1n) is 6.19. The lowest BCUT2D eigenvalue weighted by atomic mass is 10.1. The van der Waals surface area contributed by atoms with Gasteiger partial charge in [0.05, 0.1) is 11.0 Å². The highest BCUT2D eigenvalue weighted by Gasteiger charge is 2.37. The van der Waals surface area contributed by atoms with Crippen molar-refractivity contribution in [2.75, 3.05) is 12.0 Å². The zero-order chi connectivity index (χ0) is 13.5. The smallest absolute Gasteiger partial charge is 0.202 e. The molecule has 3 nitrogen and oxygen atoms in total. The van der Waals surface area contributed by atoms with Crippen LogP contribution in [0.2, 0.25) is 0 Å². The molecule has 0 aromatic heterocycles. The number of nitrogens with one attached hydrogen (secondary N) is 1. The van der Waals surface area contributed by atoms with Gasteiger partial charge >= 0.3 is 0 Å². The molecule has 1 heterocycles. The number of thiocarbonyl (C=S) groups is 1. The number of aryl methyl sites for hydroxylation is 1. The lowest BCUT2D eigenvalue weighted by molar-refractivity contribution is 0.483. The number of hydrogen-bond acceptors (Lipinski definition) is 2. The fourth-order valence-corrected chi connectivity index (χ4v) is 5.66. The molecule has 1 unspecified atom stereocenters. The molecular weight excluding hydrogens is 263 g/mol. The lowest BCUT2D eigenvalue weighted by Crippen LogP contribution is -2.44. The number of anilines is 1. The van der Waals surface area contributed by atoms with Gasteiger partial charge in [0, 0.05) is 12.7 Å². The molecule has 1 aliphatic rings. The minimum Gasteiger partial charge on any atom is -0.332 e. The van der Waals surface area contributed by atoms with Gasteiger partial charge < -0.3 is 5.32 Å². The number of nitrogens with zero attached hydrogens (tertiary/aromatic N) is 1. The van der Waals surface area contributed by atoms with E-state index < -0.39 is 7.29 Å². The third-order valence-corrected chi connectivity index (χ3v) is 6.45. The van der Waals surface area contributed by atoms with E-state index in [-0.39, 0.29) is 6.04 Å². The minimum atomic E-state index is -2.61. The van der Waals surface area contributed by atoms with E-state index in [9.17, 15) is 4.57 Å². The maximum atomic E-state index is 13.1. The Hall–Kier alpha value is -0.860. The van der Waals surface area contributed by atoms with Crippen LogP contribution in [0.3, 0.4) is 0 Å². The fourth-order valence-electron chi connectivity index (χ4n) is 2.38. The van der Waals surface area contributed by atoms with Crippen molar-refractivity contribution < 1.29 is 4.57 Å². The summed E-state index contributed by atoms with van der Waals surface area (Å²) in [4.78, 5) is 0. The summed E-state index contributed by atoms with van der Waals surface area (Å²) in [6, 6.07) is 6.20. The number of fused-ring (bicyclic) bond motifs is 1. The Morgan fingerprint density at radius 2 is 2.11 bits per heavy atom. The van der Waals surface area contributed by atoms with E-state index in [4.69, 9.17) is 12.2 Å². The normalized spacial score (nSPS) is 22.9. The van der Waals surface area contributed by atoms with Gasteiger partial charge in [0.2, 0.25) is 7.29 Å². The Morgan fingerprint density at radius 3 is 2.67 bits per heavy atom. The lowest BCUT2D eigenvalue weighted by Gasteiger charge is -2.40. The molecule has 0 saturated carbocycles. The molecule has 1 aliphatic heterocycles. The number of rotatable bonds is 2. The van der Waals surface area contributed by atoms with Gasteiger partial charge in [-0.15, -0.1) is 0 Å². The van der Waals surface area contributed by atoms with E-state index in [1.54, 1.807) is 6.66 Å². The highest BCUT2D eigenvalue weighted by Crippen LogP contribution is 2.50. The van der Waals surface area contributed by atoms with Crippen LogP contribution in [0.25, 0.3) is 0 Å². The zero-order valence-electron chi connectivity index (χ0n) is 11.2. The summed E-state index contributed by atoms with van der Waals surface area (Å²) in [5.74, 6) is 0. The zero-order valence-corrected chi connectivity index (χ0v) is 12.9. The predicted molar refractivity (Wildman–Crippen MR) is 82.2 cm³/mol. The predicted octanol–water partition coefficient (Wildman–Crippen LogP) is 3.20. The molecule has 1 aromatic carbocycles. The van der Waals surface area contributed by atoms with Gasteiger partial charge in [-0.25, -0.2) is 0 Å². The summed E-state index contributed by atoms with van der Waals surface area (Å²) >= 11 is 5.33. The molecule has 0 saturated heterocycles. The van der Waals surface area contributed by atoms with E-state index in [0.29, 0.717) is 5.11 Å². The molecule has 0 fully saturated rings. The molecule has 18 heavy (non-hydrogen) atoms. The molecular formula is C13H19N2OPS. The minimum absolute atomic E-state index is 0.124. The molecule has 0 bridgehead atoms. The third kappa shape index (κ3) is 2.08. The van der Waals surface area contributed by atoms with Crippen LogP contribution in [0.1, 0.15) is 26.3 Å². The maximum Gasteiger partial charge on any atom is 0.202 e. The Kier molecular flexibility index (Phi) is 3.52. The summed E-state index contributed by atoms with van der Waals surface area (Å²) < 4.78 is 14.9. The Morgan fingerprint density at radius 1 is 1.44 bits per heavy atom. The summed E-state index contributed by atoms with van der Waals surface area (Å²) in [5, 5.41) is 4.64. The van der Waals surface area contributed by atoms with Crippen molar-refractivity contribution in [1.29, 1.82) is 0 Å². The Labute approximate surface area is 114 Å². The highest BCUT2D eigenvalue weighted by molar-refractivity contribution is 7.82. The summed E-state index contributed by atoms with van der Waals surface area (Å²) in [5.41, 5.74) is 2.09. The second kappa shape index (κ2) is 4.67. The van der Waals surface area contributed by atoms with Gasteiger partial charge in [0.15, 0.2) is 5.11 Å². The molecule has 0 aliphatic carbocycles. The topological polar surface area (TPSA) is 32.3 Å². The molecule has 1 N–H and O–H groups in total. The average molecular weight is 282 g/mol. The molecule has 2 rings (SSSR count). The van der Waals surface area contributed by atoms with Crippen molar-refractivity contribution in [3.05, 3.63) is 23.8 Å². The van der Waals surface area contributed by atoms with Crippen molar-refractivity contribution >= 4 is 35.6 Å². The van der Waals surface area contributed by atoms with E-state index in [1.807, 2.05) is 30.7 Å². The van der Waals surface area contributed by atoms with Crippen LogP contribution in [0.4, 0.5) is 5.69 Å². The van der Waals surface area contributed by atoms with Gasteiger partial charge in [-0.2, -0.15) is 0 Å². The fraction of sp³-hybridized carbons (Fsp3) is 0.462. The van der Waals surface area contributed by atoms with Crippen LogP contribution < -0.4 is 10.6 Å². The van der Waals surface area contributed by atoms with E-state index in [2.05, 4.69) is 18.3 Å². The second-order valence-corrected chi connectivity index (χ2v) is 8.01. The third-order valence-electron chi connectivity index (χ3n) is 3.27. The van der Waals surface area contributed by atoms with Crippen molar-refractivity contribution in [2.45, 2.75) is 33.2 Å². The maximum absolute atomic E-state index is 13.1. The van der Waals surface area contributed by atoms with Crippen LogP contribution in [0.15, 0.2) is 18.2 Å². The van der Waals surface area contributed by atoms with Crippen LogP contribution >= 0.6 is 19.5 Å². The Bertz CT molecular complexity index is 542. The van der Waals surface area contributed by atoms with Crippen molar-refractivity contribution in [3.8, 4) is 0 Å². The van der Waals surface area contributed by atoms with Crippen molar-refractivity contribution in [2.24, 2.45) is 0 Å². The molecule has 1 aromatic rings. The largest absolute Gasteiger partial charge is 0.332 e.